The summed E-state index contributed by atoms with van der Waals surface area (Å²) in [6, 6.07) is 0. The second-order valence-corrected chi connectivity index (χ2v) is 4.84. The van der Waals surface area contributed by atoms with Gasteiger partial charge in [0.25, 0.3) is 0 Å². The van der Waals surface area contributed by atoms with Crippen LogP contribution in [-0.4, -0.2) is 34.9 Å². The molecule has 0 aliphatic heterocycles. The van der Waals surface area contributed by atoms with Crippen LogP contribution in [0.4, 0.5) is 0 Å². The maximum Gasteiger partial charge on any atom is 0.156 e. The largest absolute Gasteiger partial charge is 0.364 e. The van der Waals surface area contributed by atoms with Crippen LogP contribution in [0.2, 0.25) is 0 Å². The molecule has 0 N–H and O–H groups in total. The highest BCUT2D eigenvalue weighted by Crippen LogP contribution is 2.08. The van der Waals surface area contributed by atoms with Crippen LogP contribution in [0.15, 0.2) is 24.3 Å². The number of nitrogens with zero attached hydrogens (tertiary/aromatic N) is 1. The Labute approximate surface area is 101 Å². The maximum atomic E-state index is 11.3. The molecule has 0 aliphatic carbocycles. The van der Waals surface area contributed by atoms with Crippen molar-refractivity contribution >= 4 is 34.1 Å². The van der Waals surface area contributed by atoms with Gasteiger partial charge >= 0.3 is 0 Å². The van der Waals surface area contributed by atoms with E-state index in [1.54, 1.807) is 12.2 Å². The molecule has 2 nitrogen and oxygen atoms in total. The summed E-state index contributed by atoms with van der Waals surface area (Å²) in [5, 5.41) is 0. The predicted molar refractivity (Wildman–Crippen MR) is 72.3 cm³/mol. The molecule has 84 valence electrons. The lowest BCUT2D eigenvalue weighted by atomic mass is 10.3. The molecule has 0 saturated heterocycles. The maximum absolute atomic E-state index is 11.3. The molecule has 0 aliphatic rings. The number of thioether (sulfide) groups is 1. The minimum Gasteiger partial charge on any atom is -0.364 e. The van der Waals surface area contributed by atoms with Crippen molar-refractivity contribution < 1.29 is 4.79 Å². The lowest BCUT2D eigenvalue weighted by Gasteiger charge is -2.11. The SMILES string of the molecule is C/C=C/C=C/C(=O)CCSC(=S)N(C)C. The molecule has 0 unspecified atom stereocenters. The van der Waals surface area contributed by atoms with Crippen LogP contribution < -0.4 is 0 Å². The predicted octanol–water partition coefficient (Wildman–Crippen LogP) is 2.66. The molecular formula is C11H17NOS2. The van der Waals surface area contributed by atoms with Gasteiger partial charge in [-0.05, 0) is 13.0 Å². The summed E-state index contributed by atoms with van der Waals surface area (Å²) in [7, 11) is 3.81. The number of allylic oxidation sites excluding steroid dienone is 4. The number of ketones is 1. The number of carbonyl (C=O) groups is 1. The fraction of sp³-hybridized carbons (Fsp3) is 0.455. The first-order valence-electron chi connectivity index (χ1n) is 4.74. The Morgan fingerprint density at radius 1 is 1.40 bits per heavy atom. The summed E-state index contributed by atoms with van der Waals surface area (Å²) >= 11 is 6.62. The highest BCUT2D eigenvalue weighted by atomic mass is 32.2. The highest BCUT2D eigenvalue weighted by molar-refractivity contribution is 8.22. The summed E-state index contributed by atoms with van der Waals surface area (Å²) in [6.45, 7) is 1.92. The standard InChI is InChI=1S/C11H17NOS2/c1-4-5-6-7-10(13)8-9-15-11(14)12(2)3/h4-7H,8-9H2,1-3H3/b5-4+,7-6+. The molecule has 4 heteroatoms. The van der Waals surface area contributed by atoms with Crippen molar-refractivity contribution in [3.63, 3.8) is 0 Å². The Balaban J connectivity index is 3.68. The van der Waals surface area contributed by atoms with Gasteiger partial charge in [0.15, 0.2) is 5.78 Å². The van der Waals surface area contributed by atoms with Crippen molar-refractivity contribution in [2.45, 2.75) is 13.3 Å². The average Bonchev–Trinajstić information content (AvgIpc) is 2.18. The lowest BCUT2D eigenvalue weighted by molar-refractivity contribution is -0.114. The Morgan fingerprint density at radius 3 is 2.60 bits per heavy atom. The smallest absolute Gasteiger partial charge is 0.156 e. The normalized spacial score (nSPS) is 11.1. The molecule has 15 heavy (non-hydrogen) atoms. The minimum absolute atomic E-state index is 0.141. The van der Waals surface area contributed by atoms with Crippen molar-refractivity contribution in [3.8, 4) is 0 Å². The van der Waals surface area contributed by atoms with Gasteiger partial charge in [-0.2, -0.15) is 0 Å². The number of hydrogen-bond donors (Lipinski definition) is 0. The topological polar surface area (TPSA) is 20.3 Å². The summed E-state index contributed by atoms with van der Waals surface area (Å²) in [6.07, 6.45) is 7.62. The van der Waals surface area contributed by atoms with Gasteiger partial charge in [-0.1, -0.05) is 42.2 Å². The molecule has 0 aromatic heterocycles. The second-order valence-electron chi connectivity index (χ2n) is 3.11. The Kier molecular flexibility index (Phi) is 8.33. The van der Waals surface area contributed by atoms with Gasteiger partial charge in [-0.25, -0.2) is 0 Å². The van der Waals surface area contributed by atoms with Gasteiger partial charge in [0.05, 0.1) is 0 Å². The molecule has 0 bridgehead atoms. The second kappa shape index (κ2) is 8.68. The third-order valence-electron chi connectivity index (χ3n) is 1.52. The van der Waals surface area contributed by atoms with E-state index in [0.29, 0.717) is 6.42 Å². The van der Waals surface area contributed by atoms with E-state index in [1.807, 2.05) is 38.1 Å². The Bertz CT molecular complexity index is 270. The molecule has 0 saturated carbocycles. The van der Waals surface area contributed by atoms with Gasteiger partial charge in [0, 0.05) is 26.3 Å². The van der Waals surface area contributed by atoms with E-state index in [9.17, 15) is 4.79 Å². The van der Waals surface area contributed by atoms with Gasteiger partial charge < -0.3 is 4.90 Å². The van der Waals surface area contributed by atoms with Crippen molar-refractivity contribution in [3.05, 3.63) is 24.3 Å². The van der Waals surface area contributed by atoms with E-state index in [2.05, 4.69) is 0 Å². The van der Waals surface area contributed by atoms with E-state index < -0.39 is 0 Å². The fourth-order valence-electron chi connectivity index (χ4n) is 0.725. The van der Waals surface area contributed by atoms with E-state index in [1.165, 1.54) is 11.8 Å². The van der Waals surface area contributed by atoms with Crippen molar-refractivity contribution in [1.29, 1.82) is 0 Å². The van der Waals surface area contributed by atoms with Crippen LogP contribution in [0.1, 0.15) is 13.3 Å². The van der Waals surface area contributed by atoms with Crippen molar-refractivity contribution in [1.82, 2.24) is 4.90 Å². The van der Waals surface area contributed by atoms with Crippen LogP contribution in [0.3, 0.4) is 0 Å². The third-order valence-corrected chi connectivity index (χ3v) is 3.26. The lowest BCUT2D eigenvalue weighted by Crippen LogP contribution is -2.16. The third kappa shape index (κ3) is 8.39. The zero-order valence-electron chi connectivity index (χ0n) is 9.40. The molecule has 0 radical (unpaired) electrons. The molecular weight excluding hydrogens is 226 g/mol. The Hall–Kier alpha value is -0.610. The monoisotopic (exact) mass is 243 g/mol. The quantitative estimate of drug-likeness (QED) is 0.420. The zero-order valence-corrected chi connectivity index (χ0v) is 11.0. The number of hydrogen-bond acceptors (Lipinski definition) is 3. The first-order chi connectivity index (χ1) is 7.07. The zero-order chi connectivity index (χ0) is 11.7. The van der Waals surface area contributed by atoms with Gasteiger partial charge in [-0.3, -0.25) is 4.79 Å². The first kappa shape index (κ1) is 14.4. The fourth-order valence-corrected chi connectivity index (χ4v) is 1.71. The van der Waals surface area contributed by atoms with Gasteiger partial charge in [0.2, 0.25) is 0 Å². The first-order valence-corrected chi connectivity index (χ1v) is 6.13. The van der Waals surface area contributed by atoms with Crippen LogP contribution in [0, 0.1) is 0 Å². The van der Waals surface area contributed by atoms with E-state index in [0.717, 1.165) is 10.1 Å². The van der Waals surface area contributed by atoms with Gasteiger partial charge in [0.1, 0.15) is 4.32 Å². The van der Waals surface area contributed by atoms with Gasteiger partial charge in [-0.15, -0.1) is 0 Å². The van der Waals surface area contributed by atoms with Crippen molar-refractivity contribution in [2.24, 2.45) is 0 Å². The highest BCUT2D eigenvalue weighted by Gasteiger charge is 2.01. The summed E-state index contributed by atoms with van der Waals surface area (Å²) in [5.41, 5.74) is 0. The molecule has 0 amide bonds. The molecule has 0 atom stereocenters. The minimum atomic E-state index is 0.141. The molecule has 0 aromatic rings. The van der Waals surface area contributed by atoms with Crippen LogP contribution >= 0.6 is 24.0 Å². The summed E-state index contributed by atoms with van der Waals surface area (Å²) in [4.78, 5) is 13.2. The van der Waals surface area contributed by atoms with E-state index in [4.69, 9.17) is 12.2 Å². The number of rotatable bonds is 5. The molecule has 0 heterocycles. The molecule has 0 rings (SSSR count). The molecule has 0 spiro atoms. The van der Waals surface area contributed by atoms with Crippen LogP contribution in [-0.2, 0) is 4.79 Å². The number of carbonyl (C=O) groups excluding carboxylic acids is 1. The number of thiocarbonyl (C=S) groups is 1. The van der Waals surface area contributed by atoms with Crippen LogP contribution in [0.5, 0.6) is 0 Å². The van der Waals surface area contributed by atoms with Crippen LogP contribution in [0.25, 0.3) is 0 Å². The molecule has 0 fully saturated rings. The van der Waals surface area contributed by atoms with E-state index >= 15 is 0 Å². The average molecular weight is 243 g/mol. The Morgan fingerprint density at radius 2 is 2.07 bits per heavy atom. The summed E-state index contributed by atoms with van der Waals surface area (Å²) in [5.74, 6) is 0.887. The van der Waals surface area contributed by atoms with Crippen molar-refractivity contribution in [2.75, 3.05) is 19.8 Å². The van der Waals surface area contributed by atoms with E-state index in [-0.39, 0.29) is 5.78 Å². The molecule has 0 aromatic carbocycles. The summed E-state index contributed by atoms with van der Waals surface area (Å²) < 4.78 is 0.820.